The summed E-state index contributed by atoms with van der Waals surface area (Å²) in [6, 6.07) is 9.43. The fourth-order valence-corrected chi connectivity index (χ4v) is 1.45. The summed E-state index contributed by atoms with van der Waals surface area (Å²) in [5.74, 6) is -0.807. The van der Waals surface area contributed by atoms with Gasteiger partial charge in [0.15, 0.2) is 0 Å². The Morgan fingerprint density at radius 1 is 1.28 bits per heavy atom. The lowest BCUT2D eigenvalue weighted by Gasteiger charge is -2.06. The first-order valence-electron chi connectivity index (χ1n) is 5.33. The van der Waals surface area contributed by atoms with Gasteiger partial charge in [-0.1, -0.05) is 18.2 Å². The second kappa shape index (κ2) is 5.27. The minimum absolute atomic E-state index is 0.117. The number of carboxylic acid groups (broad SMARTS) is 1. The van der Waals surface area contributed by atoms with Crippen LogP contribution in [0.5, 0.6) is 0 Å². The minimum Gasteiger partial charge on any atom is -0.478 e. The number of nitrogens with zero attached hydrogens (tertiary/aromatic N) is 1. The molecule has 2 aromatic rings. The van der Waals surface area contributed by atoms with Crippen molar-refractivity contribution < 1.29 is 14.3 Å². The molecule has 0 aliphatic carbocycles. The van der Waals surface area contributed by atoms with Gasteiger partial charge in [-0.3, -0.25) is 0 Å². The van der Waals surface area contributed by atoms with Crippen LogP contribution in [0.2, 0.25) is 0 Å². The number of rotatable bonds is 4. The Kier molecular flexibility index (Phi) is 3.52. The van der Waals surface area contributed by atoms with Crippen molar-refractivity contribution in [3.63, 3.8) is 0 Å². The van der Waals surface area contributed by atoms with Gasteiger partial charge in [-0.25, -0.2) is 14.2 Å². The van der Waals surface area contributed by atoms with Gasteiger partial charge < -0.3 is 10.4 Å². The Morgan fingerprint density at radius 3 is 2.67 bits per heavy atom. The van der Waals surface area contributed by atoms with Gasteiger partial charge >= 0.3 is 5.97 Å². The van der Waals surface area contributed by atoms with Gasteiger partial charge in [-0.15, -0.1) is 0 Å². The summed E-state index contributed by atoms with van der Waals surface area (Å²) in [6.45, 7) is 0.298. The Bertz CT molecular complexity index is 555. The summed E-state index contributed by atoms with van der Waals surface area (Å²) in [5.41, 5.74) is 0.646. The summed E-state index contributed by atoms with van der Waals surface area (Å²) in [7, 11) is 0. The van der Waals surface area contributed by atoms with Crippen LogP contribution in [0.1, 0.15) is 15.9 Å². The number of hydrogen-bond donors (Lipinski definition) is 2. The monoisotopic (exact) mass is 246 g/mol. The summed E-state index contributed by atoms with van der Waals surface area (Å²) < 4.78 is 13.3. The quantitative estimate of drug-likeness (QED) is 0.870. The van der Waals surface area contributed by atoms with Crippen molar-refractivity contribution in [2.75, 3.05) is 5.32 Å². The van der Waals surface area contributed by atoms with E-state index >= 15 is 0 Å². The molecule has 4 nitrogen and oxygen atoms in total. The molecule has 0 atom stereocenters. The third-order valence-corrected chi connectivity index (χ3v) is 2.43. The van der Waals surface area contributed by atoms with Crippen molar-refractivity contribution >= 4 is 11.8 Å². The SMILES string of the molecule is O=C(O)c1ccc(NCc2ccccc2F)nc1. The number of carboxylic acids is 1. The molecule has 18 heavy (non-hydrogen) atoms. The highest BCUT2D eigenvalue weighted by Crippen LogP contribution is 2.10. The van der Waals surface area contributed by atoms with Crippen LogP contribution >= 0.6 is 0 Å². The molecule has 0 saturated heterocycles. The molecule has 0 fully saturated rings. The van der Waals surface area contributed by atoms with Crippen LogP contribution in [0.3, 0.4) is 0 Å². The molecule has 0 radical (unpaired) electrons. The number of benzene rings is 1. The van der Waals surface area contributed by atoms with Crippen LogP contribution in [0.15, 0.2) is 42.6 Å². The van der Waals surface area contributed by atoms with E-state index in [1.807, 2.05) is 0 Å². The summed E-state index contributed by atoms with van der Waals surface area (Å²) in [6.07, 6.45) is 1.26. The van der Waals surface area contributed by atoms with Gasteiger partial charge in [-0.05, 0) is 18.2 Å². The van der Waals surface area contributed by atoms with Crippen molar-refractivity contribution in [3.8, 4) is 0 Å². The van der Waals surface area contributed by atoms with E-state index in [4.69, 9.17) is 5.11 Å². The van der Waals surface area contributed by atoms with E-state index in [1.54, 1.807) is 24.3 Å². The molecule has 5 heteroatoms. The highest BCUT2D eigenvalue weighted by atomic mass is 19.1. The second-order valence-electron chi connectivity index (χ2n) is 3.68. The van der Waals surface area contributed by atoms with Crippen molar-refractivity contribution in [1.82, 2.24) is 4.98 Å². The second-order valence-corrected chi connectivity index (χ2v) is 3.68. The molecular weight excluding hydrogens is 235 g/mol. The molecule has 1 heterocycles. The van der Waals surface area contributed by atoms with Gasteiger partial charge in [0, 0.05) is 18.3 Å². The largest absolute Gasteiger partial charge is 0.478 e. The van der Waals surface area contributed by atoms with Crippen LogP contribution < -0.4 is 5.32 Å². The maximum absolute atomic E-state index is 13.3. The molecule has 1 aromatic heterocycles. The molecule has 0 amide bonds. The first-order valence-corrected chi connectivity index (χ1v) is 5.33. The van der Waals surface area contributed by atoms with Crippen molar-refractivity contribution in [1.29, 1.82) is 0 Å². The zero-order valence-electron chi connectivity index (χ0n) is 9.43. The highest BCUT2D eigenvalue weighted by Gasteiger charge is 2.04. The maximum Gasteiger partial charge on any atom is 0.337 e. The zero-order chi connectivity index (χ0) is 13.0. The highest BCUT2D eigenvalue weighted by molar-refractivity contribution is 5.87. The molecule has 0 saturated carbocycles. The molecule has 0 unspecified atom stereocenters. The van der Waals surface area contributed by atoms with E-state index in [0.29, 0.717) is 17.9 Å². The normalized spacial score (nSPS) is 10.1. The molecule has 0 spiro atoms. The first-order chi connectivity index (χ1) is 8.66. The van der Waals surface area contributed by atoms with Crippen LogP contribution in [-0.4, -0.2) is 16.1 Å². The molecule has 2 N–H and O–H groups in total. The van der Waals surface area contributed by atoms with Gasteiger partial charge in [0.1, 0.15) is 11.6 Å². The number of hydrogen-bond acceptors (Lipinski definition) is 3. The summed E-state index contributed by atoms with van der Waals surface area (Å²) in [4.78, 5) is 14.6. The molecule has 0 aliphatic rings. The Hall–Kier alpha value is -2.43. The first kappa shape index (κ1) is 12.0. The Morgan fingerprint density at radius 2 is 2.06 bits per heavy atom. The van der Waals surface area contributed by atoms with Gasteiger partial charge in [0.25, 0.3) is 0 Å². The Labute approximate surface area is 103 Å². The number of halogens is 1. The lowest BCUT2D eigenvalue weighted by molar-refractivity contribution is 0.0696. The molecule has 0 aliphatic heterocycles. The summed E-state index contributed by atoms with van der Waals surface area (Å²) in [5, 5.41) is 11.6. The lowest BCUT2D eigenvalue weighted by Crippen LogP contribution is -2.04. The van der Waals surface area contributed by atoms with E-state index in [1.165, 1.54) is 18.3 Å². The van der Waals surface area contributed by atoms with Gasteiger partial charge in [0.2, 0.25) is 0 Å². The fourth-order valence-electron chi connectivity index (χ4n) is 1.45. The lowest BCUT2D eigenvalue weighted by atomic mass is 10.2. The smallest absolute Gasteiger partial charge is 0.337 e. The number of aromatic carboxylic acids is 1. The number of nitrogens with one attached hydrogen (secondary N) is 1. The summed E-state index contributed by atoms with van der Waals surface area (Å²) >= 11 is 0. The van der Waals surface area contributed by atoms with Crippen LogP contribution in [0, 0.1) is 5.82 Å². The predicted molar refractivity (Wildman–Crippen MR) is 64.9 cm³/mol. The maximum atomic E-state index is 13.3. The Balaban J connectivity index is 2.02. The molecular formula is C13H11FN2O2. The third-order valence-electron chi connectivity index (χ3n) is 2.43. The number of anilines is 1. The van der Waals surface area contributed by atoms with Crippen molar-refractivity contribution in [2.24, 2.45) is 0 Å². The zero-order valence-corrected chi connectivity index (χ0v) is 9.43. The minimum atomic E-state index is -1.02. The average Bonchev–Trinajstić information content (AvgIpc) is 2.38. The molecule has 92 valence electrons. The molecule has 2 rings (SSSR count). The van der Waals surface area contributed by atoms with Crippen LogP contribution in [0.25, 0.3) is 0 Å². The van der Waals surface area contributed by atoms with E-state index in [2.05, 4.69) is 10.3 Å². The van der Waals surface area contributed by atoms with Gasteiger partial charge in [-0.2, -0.15) is 0 Å². The van der Waals surface area contributed by atoms with Crippen LogP contribution in [-0.2, 0) is 6.54 Å². The predicted octanol–water partition coefficient (Wildman–Crippen LogP) is 2.53. The topological polar surface area (TPSA) is 62.2 Å². The average molecular weight is 246 g/mol. The molecule has 1 aromatic carbocycles. The standard InChI is InChI=1S/C13H11FN2O2/c14-11-4-2-1-3-9(11)7-15-12-6-5-10(8-16-12)13(17)18/h1-6,8H,7H2,(H,15,16)(H,17,18). The van der Waals surface area contributed by atoms with E-state index in [9.17, 15) is 9.18 Å². The van der Waals surface area contributed by atoms with E-state index < -0.39 is 5.97 Å². The molecule has 0 bridgehead atoms. The van der Waals surface area contributed by atoms with Crippen LogP contribution in [0.4, 0.5) is 10.2 Å². The third kappa shape index (κ3) is 2.82. The van der Waals surface area contributed by atoms with Gasteiger partial charge in [0.05, 0.1) is 5.56 Å². The fraction of sp³-hybridized carbons (Fsp3) is 0.0769. The van der Waals surface area contributed by atoms with E-state index in [0.717, 1.165) is 0 Å². The number of carbonyl (C=O) groups is 1. The number of pyridine rings is 1. The number of aromatic nitrogens is 1. The van der Waals surface area contributed by atoms with Crippen molar-refractivity contribution in [3.05, 3.63) is 59.5 Å². The van der Waals surface area contributed by atoms with Crippen molar-refractivity contribution in [2.45, 2.75) is 6.54 Å². The van der Waals surface area contributed by atoms with E-state index in [-0.39, 0.29) is 11.4 Å².